The molecule has 1 rings (SSSR count). The van der Waals surface area contributed by atoms with Gasteiger partial charge in [-0.1, -0.05) is 0 Å². The highest BCUT2D eigenvalue weighted by atomic mass is 19.3. The predicted octanol–water partition coefficient (Wildman–Crippen LogP) is 1.67. The number of benzene rings is 1. The number of phenols is 1. The molecule has 0 bridgehead atoms. The summed E-state index contributed by atoms with van der Waals surface area (Å²) in [6.45, 7) is 0. The van der Waals surface area contributed by atoms with Gasteiger partial charge in [0.2, 0.25) is 0 Å². The van der Waals surface area contributed by atoms with Gasteiger partial charge in [0, 0.05) is 5.56 Å². The Morgan fingerprint density at radius 2 is 2.07 bits per heavy atom. The van der Waals surface area contributed by atoms with Crippen LogP contribution in [-0.2, 0) is 0 Å². The van der Waals surface area contributed by atoms with E-state index < -0.39 is 12.5 Å². The first kappa shape index (κ1) is 10.7. The Hall–Kier alpha value is -1.36. The summed E-state index contributed by atoms with van der Waals surface area (Å²) in [5.41, 5.74) is 5.18. The molecule has 0 saturated heterocycles. The standard InChI is InChI=1S/C9H11F2NO2/c1-14-5-2-3-7(13)6(4-5)8(12)9(10)11/h2-4,8-9,13H,12H2,1H3. The van der Waals surface area contributed by atoms with Gasteiger partial charge in [0.15, 0.2) is 0 Å². The van der Waals surface area contributed by atoms with Crippen LogP contribution in [-0.4, -0.2) is 18.6 Å². The van der Waals surface area contributed by atoms with Crippen molar-refractivity contribution in [2.75, 3.05) is 7.11 Å². The topological polar surface area (TPSA) is 55.5 Å². The third-order valence-electron chi connectivity index (χ3n) is 1.87. The summed E-state index contributed by atoms with van der Waals surface area (Å²) in [6, 6.07) is 2.55. The van der Waals surface area contributed by atoms with E-state index in [0.717, 1.165) is 0 Å². The fraction of sp³-hybridized carbons (Fsp3) is 0.333. The Bertz CT molecular complexity index is 318. The van der Waals surface area contributed by atoms with Crippen LogP contribution in [0.15, 0.2) is 18.2 Å². The van der Waals surface area contributed by atoms with Crippen molar-refractivity contribution in [2.24, 2.45) is 5.73 Å². The van der Waals surface area contributed by atoms with Crippen LogP contribution in [0.3, 0.4) is 0 Å². The molecule has 3 nitrogen and oxygen atoms in total. The normalized spacial score (nSPS) is 12.9. The van der Waals surface area contributed by atoms with Gasteiger partial charge in [-0.05, 0) is 18.2 Å². The molecule has 0 fully saturated rings. The summed E-state index contributed by atoms with van der Waals surface area (Å²) < 4.78 is 29.3. The number of nitrogens with two attached hydrogens (primary N) is 1. The Morgan fingerprint density at radius 3 is 2.57 bits per heavy atom. The molecular formula is C9H11F2NO2. The van der Waals surface area contributed by atoms with Crippen molar-refractivity contribution in [2.45, 2.75) is 12.5 Å². The zero-order valence-corrected chi connectivity index (χ0v) is 7.58. The molecule has 0 aliphatic carbocycles. The Balaban J connectivity index is 3.05. The Labute approximate surface area is 80.1 Å². The zero-order valence-electron chi connectivity index (χ0n) is 7.58. The first-order chi connectivity index (χ1) is 6.56. The Kier molecular flexibility index (Phi) is 3.24. The third-order valence-corrected chi connectivity index (χ3v) is 1.87. The quantitative estimate of drug-likeness (QED) is 0.785. The lowest BCUT2D eigenvalue weighted by molar-refractivity contribution is 0.115. The summed E-state index contributed by atoms with van der Waals surface area (Å²) in [5, 5.41) is 9.28. The van der Waals surface area contributed by atoms with E-state index in [-0.39, 0.29) is 11.3 Å². The van der Waals surface area contributed by atoms with Crippen LogP contribution in [0.5, 0.6) is 11.5 Å². The molecule has 0 saturated carbocycles. The van der Waals surface area contributed by atoms with E-state index in [1.807, 2.05) is 0 Å². The molecule has 78 valence electrons. The number of aromatic hydroxyl groups is 1. The van der Waals surface area contributed by atoms with Crippen LogP contribution in [0.25, 0.3) is 0 Å². The fourth-order valence-electron chi connectivity index (χ4n) is 1.06. The van der Waals surface area contributed by atoms with Crippen molar-refractivity contribution in [3.8, 4) is 11.5 Å². The van der Waals surface area contributed by atoms with Gasteiger partial charge in [0.05, 0.1) is 13.2 Å². The number of methoxy groups -OCH3 is 1. The van der Waals surface area contributed by atoms with Gasteiger partial charge < -0.3 is 15.6 Å². The lowest BCUT2D eigenvalue weighted by atomic mass is 10.1. The van der Waals surface area contributed by atoms with E-state index in [1.165, 1.54) is 25.3 Å². The van der Waals surface area contributed by atoms with E-state index >= 15 is 0 Å². The van der Waals surface area contributed by atoms with Gasteiger partial charge in [-0.3, -0.25) is 0 Å². The van der Waals surface area contributed by atoms with Crippen molar-refractivity contribution in [1.29, 1.82) is 0 Å². The second kappa shape index (κ2) is 4.23. The van der Waals surface area contributed by atoms with Crippen LogP contribution in [0.2, 0.25) is 0 Å². The molecule has 1 aromatic carbocycles. The van der Waals surface area contributed by atoms with Crippen LogP contribution in [0.1, 0.15) is 11.6 Å². The minimum atomic E-state index is -2.71. The average molecular weight is 203 g/mol. The number of halogens is 2. The predicted molar refractivity (Wildman–Crippen MR) is 47.6 cm³/mol. The van der Waals surface area contributed by atoms with Gasteiger partial charge in [-0.25, -0.2) is 8.78 Å². The minimum Gasteiger partial charge on any atom is -0.508 e. The number of rotatable bonds is 3. The summed E-state index contributed by atoms with van der Waals surface area (Å²) in [6.07, 6.45) is -2.71. The minimum absolute atomic E-state index is 0.0145. The van der Waals surface area contributed by atoms with E-state index in [1.54, 1.807) is 0 Å². The molecule has 0 spiro atoms. The van der Waals surface area contributed by atoms with E-state index in [4.69, 9.17) is 10.5 Å². The van der Waals surface area contributed by atoms with Gasteiger partial charge >= 0.3 is 0 Å². The van der Waals surface area contributed by atoms with Gasteiger partial charge in [0.25, 0.3) is 6.43 Å². The smallest absolute Gasteiger partial charge is 0.257 e. The average Bonchev–Trinajstić information content (AvgIpc) is 2.17. The maximum atomic E-state index is 12.3. The van der Waals surface area contributed by atoms with Crippen LogP contribution >= 0.6 is 0 Å². The monoisotopic (exact) mass is 203 g/mol. The SMILES string of the molecule is COc1ccc(O)c(C(N)C(F)F)c1. The van der Waals surface area contributed by atoms with Crippen LogP contribution in [0, 0.1) is 0 Å². The molecule has 0 aliphatic heterocycles. The molecule has 1 aromatic rings. The molecule has 1 atom stereocenters. The van der Waals surface area contributed by atoms with Crippen molar-refractivity contribution in [1.82, 2.24) is 0 Å². The molecule has 0 amide bonds. The highest BCUT2D eigenvalue weighted by molar-refractivity contribution is 5.41. The van der Waals surface area contributed by atoms with Gasteiger partial charge in [0.1, 0.15) is 11.5 Å². The molecular weight excluding hydrogens is 192 g/mol. The summed E-state index contributed by atoms with van der Waals surface area (Å²) in [5.74, 6) is 0.132. The van der Waals surface area contributed by atoms with Crippen molar-refractivity contribution in [3.63, 3.8) is 0 Å². The third kappa shape index (κ3) is 2.11. The van der Waals surface area contributed by atoms with Gasteiger partial charge in [-0.2, -0.15) is 0 Å². The summed E-state index contributed by atoms with van der Waals surface area (Å²) >= 11 is 0. The maximum absolute atomic E-state index is 12.3. The molecule has 0 aliphatic rings. The number of phenolic OH excluding ortho intramolecular Hbond substituents is 1. The van der Waals surface area contributed by atoms with Crippen molar-refractivity contribution in [3.05, 3.63) is 23.8 Å². The van der Waals surface area contributed by atoms with Crippen LogP contribution < -0.4 is 10.5 Å². The Morgan fingerprint density at radius 1 is 1.43 bits per heavy atom. The molecule has 0 heterocycles. The lowest BCUT2D eigenvalue weighted by Gasteiger charge is -2.13. The first-order valence-corrected chi connectivity index (χ1v) is 3.97. The fourth-order valence-corrected chi connectivity index (χ4v) is 1.06. The largest absolute Gasteiger partial charge is 0.508 e. The highest BCUT2D eigenvalue weighted by Gasteiger charge is 2.21. The van der Waals surface area contributed by atoms with Crippen molar-refractivity contribution < 1.29 is 18.6 Å². The lowest BCUT2D eigenvalue weighted by Crippen LogP contribution is -2.19. The molecule has 0 radical (unpaired) electrons. The zero-order chi connectivity index (χ0) is 10.7. The summed E-state index contributed by atoms with van der Waals surface area (Å²) in [7, 11) is 1.41. The molecule has 14 heavy (non-hydrogen) atoms. The van der Waals surface area contributed by atoms with E-state index in [2.05, 4.69) is 0 Å². The second-order valence-corrected chi connectivity index (χ2v) is 2.78. The number of hydrogen-bond donors (Lipinski definition) is 2. The number of alkyl halides is 2. The van der Waals surface area contributed by atoms with E-state index in [9.17, 15) is 13.9 Å². The van der Waals surface area contributed by atoms with Crippen LogP contribution in [0.4, 0.5) is 8.78 Å². The molecule has 0 aromatic heterocycles. The summed E-state index contributed by atoms with van der Waals surface area (Å²) in [4.78, 5) is 0. The highest BCUT2D eigenvalue weighted by Crippen LogP contribution is 2.30. The maximum Gasteiger partial charge on any atom is 0.257 e. The number of hydrogen-bond acceptors (Lipinski definition) is 3. The molecule has 5 heteroatoms. The first-order valence-electron chi connectivity index (χ1n) is 3.97. The second-order valence-electron chi connectivity index (χ2n) is 2.78. The number of ether oxygens (including phenoxy) is 1. The molecule has 3 N–H and O–H groups in total. The molecule has 1 unspecified atom stereocenters. The van der Waals surface area contributed by atoms with Crippen molar-refractivity contribution >= 4 is 0 Å². The van der Waals surface area contributed by atoms with E-state index in [0.29, 0.717) is 5.75 Å². The van der Waals surface area contributed by atoms with Gasteiger partial charge in [-0.15, -0.1) is 0 Å².